The van der Waals surface area contributed by atoms with Crippen molar-refractivity contribution >= 4 is 5.97 Å². The zero-order valence-corrected chi connectivity index (χ0v) is 8.23. The van der Waals surface area contributed by atoms with Crippen molar-refractivity contribution in [1.29, 1.82) is 0 Å². The fraction of sp³-hybridized carbons (Fsp3) is 0.364. The van der Waals surface area contributed by atoms with Gasteiger partial charge in [-0.1, -0.05) is 24.3 Å². The van der Waals surface area contributed by atoms with Crippen molar-refractivity contribution in [2.75, 3.05) is 0 Å². The predicted octanol–water partition coefficient (Wildman–Crippen LogP) is 1.34. The molecule has 0 aliphatic rings. The number of hydrogen-bond acceptors (Lipinski definition) is 2. The van der Waals surface area contributed by atoms with E-state index in [-0.39, 0.29) is 12.5 Å². The molecule has 0 bridgehead atoms. The molecule has 76 valence electrons. The fourth-order valence-corrected chi connectivity index (χ4v) is 1.42. The average molecular weight is 193 g/mol. The van der Waals surface area contributed by atoms with Crippen LogP contribution in [0, 0.1) is 6.92 Å². The van der Waals surface area contributed by atoms with Gasteiger partial charge < -0.3 is 10.8 Å². The maximum atomic E-state index is 10.4. The molecule has 14 heavy (non-hydrogen) atoms. The highest BCUT2D eigenvalue weighted by atomic mass is 16.4. The minimum absolute atomic E-state index is 0.0222. The summed E-state index contributed by atoms with van der Waals surface area (Å²) in [7, 11) is 0. The highest BCUT2D eigenvalue weighted by molar-refractivity contribution is 5.67. The highest BCUT2D eigenvalue weighted by Gasteiger charge is 2.09. The van der Waals surface area contributed by atoms with Gasteiger partial charge in [0, 0.05) is 6.04 Å². The molecule has 0 amide bonds. The van der Waals surface area contributed by atoms with Crippen LogP contribution in [0.3, 0.4) is 0 Å². The van der Waals surface area contributed by atoms with Crippen molar-refractivity contribution in [2.24, 2.45) is 5.73 Å². The monoisotopic (exact) mass is 193 g/mol. The molecule has 1 aromatic rings. The zero-order valence-electron chi connectivity index (χ0n) is 8.23. The van der Waals surface area contributed by atoms with E-state index in [1.165, 1.54) is 0 Å². The Labute approximate surface area is 83.6 Å². The molecule has 3 heteroatoms. The average Bonchev–Trinajstić information content (AvgIpc) is 2.07. The topological polar surface area (TPSA) is 63.3 Å². The van der Waals surface area contributed by atoms with Gasteiger partial charge >= 0.3 is 5.97 Å². The van der Waals surface area contributed by atoms with E-state index in [0.717, 1.165) is 11.1 Å². The molecule has 0 unspecified atom stereocenters. The van der Waals surface area contributed by atoms with Crippen LogP contribution in [-0.2, 0) is 11.2 Å². The lowest BCUT2D eigenvalue weighted by atomic mass is 10.00. The van der Waals surface area contributed by atoms with E-state index in [4.69, 9.17) is 10.8 Å². The summed E-state index contributed by atoms with van der Waals surface area (Å²) in [5.41, 5.74) is 7.98. The van der Waals surface area contributed by atoms with Gasteiger partial charge in [-0.15, -0.1) is 0 Å². The molecule has 0 aliphatic carbocycles. The van der Waals surface area contributed by atoms with Gasteiger partial charge in [0.15, 0.2) is 0 Å². The van der Waals surface area contributed by atoms with Gasteiger partial charge in [0.1, 0.15) is 0 Å². The Balaban J connectivity index is 2.60. The summed E-state index contributed by atoms with van der Waals surface area (Å²) >= 11 is 0. The second kappa shape index (κ2) is 4.77. The Morgan fingerprint density at radius 1 is 1.50 bits per heavy atom. The normalized spacial score (nSPS) is 12.4. The summed E-state index contributed by atoms with van der Waals surface area (Å²) < 4.78 is 0. The quantitative estimate of drug-likeness (QED) is 0.758. The van der Waals surface area contributed by atoms with Gasteiger partial charge in [-0.25, -0.2) is 0 Å². The van der Waals surface area contributed by atoms with Crippen molar-refractivity contribution in [1.82, 2.24) is 0 Å². The van der Waals surface area contributed by atoms with Crippen molar-refractivity contribution in [2.45, 2.75) is 25.8 Å². The van der Waals surface area contributed by atoms with E-state index < -0.39 is 5.97 Å². The fourth-order valence-electron chi connectivity index (χ4n) is 1.42. The van der Waals surface area contributed by atoms with Gasteiger partial charge in [-0.3, -0.25) is 4.79 Å². The smallest absolute Gasteiger partial charge is 0.304 e. The van der Waals surface area contributed by atoms with Gasteiger partial charge in [0.25, 0.3) is 0 Å². The molecule has 1 aromatic carbocycles. The molecule has 0 aliphatic heterocycles. The summed E-state index contributed by atoms with van der Waals surface area (Å²) in [4.78, 5) is 10.4. The minimum Gasteiger partial charge on any atom is -0.481 e. The van der Waals surface area contributed by atoms with E-state index in [9.17, 15) is 4.79 Å². The number of rotatable bonds is 4. The van der Waals surface area contributed by atoms with E-state index in [2.05, 4.69) is 0 Å². The standard InChI is InChI=1S/C11H15NO2/c1-8-4-2-3-5-9(8)6-10(12)7-11(13)14/h2-5,10H,6-7,12H2,1H3,(H,13,14)/t10-/m1/s1. The molecule has 0 radical (unpaired) electrons. The van der Waals surface area contributed by atoms with Crippen molar-refractivity contribution in [3.05, 3.63) is 35.4 Å². The first-order chi connectivity index (χ1) is 6.59. The third kappa shape index (κ3) is 3.18. The lowest BCUT2D eigenvalue weighted by molar-refractivity contribution is -0.137. The lowest BCUT2D eigenvalue weighted by Gasteiger charge is -2.10. The molecule has 0 fully saturated rings. The summed E-state index contributed by atoms with van der Waals surface area (Å²) in [5, 5.41) is 8.55. The molecule has 0 saturated heterocycles. The molecular weight excluding hydrogens is 178 g/mol. The van der Waals surface area contributed by atoms with Crippen LogP contribution in [-0.4, -0.2) is 17.1 Å². The van der Waals surface area contributed by atoms with Crippen LogP contribution in [0.2, 0.25) is 0 Å². The van der Waals surface area contributed by atoms with E-state index in [1.54, 1.807) is 0 Å². The highest BCUT2D eigenvalue weighted by Crippen LogP contribution is 2.10. The largest absolute Gasteiger partial charge is 0.481 e. The Morgan fingerprint density at radius 3 is 2.71 bits per heavy atom. The third-order valence-electron chi connectivity index (χ3n) is 2.18. The van der Waals surface area contributed by atoms with Crippen LogP contribution in [0.5, 0.6) is 0 Å². The number of carbonyl (C=O) groups is 1. The van der Waals surface area contributed by atoms with Crippen LogP contribution < -0.4 is 5.73 Å². The van der Waals surface area contributed by atoms with Crippen LogP contribution in [0.25, 0.3) is 0 Å². The molecule has 3 N–H and O–H groups in total. The summed E-state index contributed by atoms with van der Waals surface area (Å²) in [6, 6.07) is 7.59. The number of benzene rings is 1. The second-order valence-corrected chi connectivity index (χ2v) is 3.49. The first-order valence-corrected chi connectivity index (χ1v) is 4.61. The molecule has 1 rings (SSSR count). The first kappa shape index (κ1) is 10.7. The van der Waals surface area contributed by atoms with Crippen molar-refractivity contribution < 1.29 is 9.90 Å². The molecule has 1 atom stereocenters. The van der Waals surface area contributed by atoms with E-state index in [1.807, 2.05) is 31.2 Å². The van der Waals surface area contributed by atoms with Gasteiger partial charge in [-0.05, 0) is 24.5 Å². The number of nitrogens with two attached hydrogens (primary N) is 1. The summed E-state index contributed by atoms with van der Waals surface area (Å²) in [6.45, 7) is 2.00. The Kier molecular flexibility index (Phi) is 3.65. The predicted molar refractivity (Wildman–Crippen MR) is 55.1 cm³/mol. The van der Waals surface area contributed by atoms with Crippen LogP contribution in [0.1, 0.15) is 17.5 Å². The van der Waals surface area contributed by atoms with Gasteiger partial charge in [0.2, 0.25) is 0 Å². The lowest BCUT2D eigenvalue weighted by Crippen LogP contribution is -2.26. The van der Waals surface area contributed by atoms with Crippen molar-refractivity contribution in [3.63, 3.8) is 0 Å². The SMILES string of the molecule is Cc1ccccc1C[C@@H](N)CC(=O)O. The Bertz CT molecular complexity index is 323. The molecule has 0 spiro atoms. The number of hydrogen-bond donors (Lipinski definition) is 2. The van der Waals surface area contributed by atoms with Crippen molar-refractivity contribution in [3.8, 4) is 0 Å². The van der Waals surface area contributed by atoms with E-state index in [0.29, 0.717) is 6.42 Å². The summed E-state index contributed by atoms with van der Waals surface area (Å²) in [6.07, 6.45) is 0.646. The maximum absolute atomic E-state index is 10.4. The van der Waals surface area contributed by atoms with Crippen LogP contribution >= 0.6 is 0 Å². The third-order valence-corrected chi connectivity index (χ3v) is 2.18. The molecular formula is C11H15NO2. The molecule has 0 aromatic heterocycles. The maximum Gasteiger partial charge on any atom is 0.304 e. The van der Waals surface area contributed by atoms with Crippen LogP contribution in [0.15, 0.2) is 24.3 Å². The molecule has 3 nitrogen and oxygen atoms in total. The number of aliphatic carboxylic acids is 1. The minimum atomic E-state index is -0.842. The summed E-state index contributed by atoms with van der Waals surface area (Å²) in [5.74, 6) is -0.842. The Morgan fingerprint density at radius 2 is 2.14 bits per heavy atom. The molecule has 0 saturated carbocycles. The first-order valence-electron chi connectivity index (χ1n) is 4.61. The van der Waals surface area contributed by atoms with Gasteiger partial charge in [0.05, 0.1) is 6.42 Å². The Hall–Kier alpha value is -1.35. The van der Waals surface area contributed by atoms with Crippen LogP contribution in [0.4, 0.5) is 0 Å². The molecule has 0 heterocycles. The van der Waals surface area contributed by atoms with E-state index >= 15 is 0 Å². The number of carboxylic acids is 1. The van der Waals surface area contributed by atoms with Gasteiger partial charge in [-0.2, -0.15) is 0 Å². The number of aryl methyl sites for hydroxylation is 1. The number of carboxylic acid groups (broad SMARTS) is 1. The zero-order chi connectivity index (χ0) is 10.6. The second-order valence-electron chi connectivity index (χ2n) is 3.49.